The lowest BCUT2D eigenvalue weighted by Crippen LogP contribution is -2.53. The van der Waals surface area contributed by atoms with Crippen LogP contribution in [0.2, 0.25) is 0 Å². The van der Waals surface area contributed by atoms with Crippen LogP contribution in [0.15, 0.2) is 18.2 Å². The van der Waals surface area contributed by atoms with Gasteiger partial charge in [-0.2, -0.15) is 0 Å². The van der Waals surface area contributed by atoms with Crippen molar-refractivity contribution in [2.75, 3.05) is 24.5 Å². The van der Waals surface area contributed by atoms with Gasteiger partial charge in [0.2, 0.25) is 0 Å². The first-order valence-corrected chi connectivity index (χ1v) is 7.40. The second-order valence-corrected chi connectivity index (χ2v) is 6.43. The number of halogens is 1. The lowest BCUT2D eigenvalue weighted by molar-refractivity contribution is 0.368. The average molecular weight is 344 g/mol. The van der Waals surface area contributed by atoms with Crippen molar-refractivity contribution in [1.82, 2.24) is 5.32 Å². The van der Waals surface area contributed by atoms with Gasteiger partial charge in [-0.3, -0.25) is 0 Å². The van der Waals surface area contributed by atoms with Gasteiger partial charge in [-0.15, -0.1) is 0 Å². The van der Waals surface area contributed by atoms with Crippen LogP contribution in [-0.2, 0) is 0 Å². The van der Waals surface area contributed by atoms with E-state index in [0.29, 0.717) is 12.0 Å². The molecule has 1 N–H and O–H groups in total. The Bertz CT molecular complexity index is 390. The van der Waals surface area contributed by atoms with Crippen LogP contribution in [-0.4, -0.2) is 25.7 Å². The largest absolute Gasteiger partial charge is 0.368 e. The van der Waals surface area contributed by atoms with Gasteiger partial charge in [-0.05, 0) is 53.1 Å². The molecule has 1 aliphatic heterocycles. The maximum Gasteiger partial charge on any atom is 0.0407 e. The predicted octanol–water partition coefficient (Wildman–Crippen LogP) is 3.03. The third kappa shape index (κ3) is 3.13. The molecule has 1 atom stereocenters. The summed E-state index contributed by atoms with van der Waals surface area (Å²) in [7, 11) is 0. The molecule has 94 valence electrons. The number of anilines is 1. The Hall–Kier alpha value is -0.290. The molecule has 0 radical (unpaired) electrons. The molecule has 3 heteroatoms. The molecule has 0 amide bonds. The molecule has 0 bridgehead atoms. The molecular formula is C14H21IN2. The van der Waals surface area contributed by atoms with Crippen LogP contribution in [0, 0.1) is 16.4 Å². The lowest BCUT2D eigenvalue weighted by Gasteiger charge is -2.38. The van der Waals surface area contributed by atoms with Gasteiger partial charge in [0.25, 0.3) is 0 Å². The fourth-order valence-electron chi connectivity index (χ4n) is 2.37. The summed E-state index contributed by atoms with van der Waals surface area (Å²) >= 11 is 2.39. The Morgan fingerprint density at radius 2 is 2.18 bits per heavy atom. The fraction of sp³-hybridized carbons (Fsp3) is 0.571. The highest BCUT2D eigenvalue weighted by atomic mass is 127. The number of rotatable bonds is 2. The Morgan fingerprint density at radius 3 is 2.88 bits per heavy atom. The minimum Gasteiger partial charge on any atom is -0.368 e. The van der Waals surface area contributed by atoms with Gasteiger partial charge in [0.1, 0.15) is 0 Å². The first-order chi connectivity index (χ1) is 8.08. The van der Waals surface area contributed by atoms with E-state index in [-0.39, 0.29) is 0 Å². The molecule has 1 saturated heterocycles. The summed E-state index contributed by atoms with van der Waals surface area (Å²) < 4.78 is 1.32. The highest BCUT2D eigenvalue weighted by Crippen LogP contribution is 2.24. The van der Waals surface area contributed by atoms with Crippen molar-refractivity contribution >= 4 is 28.3 Å². The third-order valence-electron chi connectivity index (χ3n) is 3.52. The minimum absolute atomic E-state index is 0.612. The molecule has 1 fully saturated rings. The molecule has 1 heterocycles. The molecule has 1 unspecified atom stereocenters. The number of nitrogens with zero attached hydrogens (tertiary/aromatic N) is 1. The van der Waals surface area contributed by atoms with Crippen molar-refractivity contribution in [3.05, 3.63) is 27.3 Å². The first kappa shape index (κ1) is 13.1. The van der Waals surface area contributed by atoms with Crippen LogP contribution in [0.25, 0.3) is 0 Å². The zero-order chi connectivity index (χ0) is 12.4. The second kappa shape index (κ2) is 5.57. The van der Waals surface area contributed by atoms with Crippen molar-refractivity contribution in [3.63, 3.8) is 0 Å². The van der Waals surface area contributed by atoms with E-state index in [1.807, 2.05) is 0 Å². The highest BCUT2D eigenvalue weighted by Gasteiger charge is 2.22. The van der Waals surface area contributed by atoms with Crippen molar-refractivity contribution < 1.29 is 0 Å². The third-order valence-corrected chi connectivity index (χ3v) is 4.19. The SMILES string of the molecule is Cc1ccc(I)cc1N1CCNC(C(C)C)C1. The molecule has 2 rings (SSSR count). The summed E-state index contributed by atoms with van der Waals surface area (Å²) in [4.78, 5) is 2.53. The Kier molecular flexibility index (Phi) is 4.31. The monoisotopic (exact) mass is 344 g/mol. The van der Waals surface area contributed by atoms with Crippen molar-refractivity contribution in [1.29, 1.82) is 0 Å². The molecule has 1 aliphatic rings. The average Bonchev–Trinajstić information content (AvgIpc) is 2.32. The molecule has 1 aromatic carbocycles. The Morgan fingerprint density at radius 1 is 1.41 bits per heavy atom. The zero-order valence-electron chi connectivity index (χ0n) is 10.8. The van der Waals surface area contributed by atoms with Gasteiger partial charge in [0, 0.05) is 34.9 Å². The van der Waals surface area contributed by atoms with E-state index >= 15 is 0 Å². The quantitative estimate of drug-likeness (QED) is 0.830. The number of hydrogen-bond donors (Lipinski definition) is 1. The summed E-state index contributed by atoms with van der Waals surface area (Å²) in [5, 5.41) is 3.61. The van der Waals surface area contributed by atoms with Gasteiger partial charge in [0.05, 0.1) is 0 Å². The van der Waals surface area contributed by atoms with Crippen LogP contribution in [0.1, 0.15) is 19.4 Å². The van der Waals surface area contributed by atoms with Gasteiger partial charge < -0.3 is 10.2 Å². The van der Waals surface area contributed by atoms with E-state index in [9.17, 15) is 0 Å². The maximum absolute atomic E-state index is 3.61. The lowest BCUT2D eigenvalue weighted by atomic mass is 10.0. The van der Waals surface area contributed by atoms with Crippen molar-refractivity contribution in [2.24, 2.45) is 5.92 Å². The summed E-state index contributed by atoms with van der Waals surface area (Å²) in [6.45, 7) is 10.1. The van der Waals surface area contributed by atoms with Gasteiger partial charge in [-0.25, -0.2) is 0 Å². The normalized spacial score (nSPS) is 21.0. The van der Waals surface area contributed by atoms with E-state index in [2.05, 4.69) is 71.8 Å². The maximum atomic E-state index is 3.61. The molecular weight excluding hydrogens is 323 g/mol. The standard InChI is InChI=1S/C14H21IN2/c1-10(2)13-9-17(7-6-16-13)14-8-12(15)5-4-11(14)3/h4-5,8,10,13,16H,6-7,9H2,1-3H3. The van der Waals surface area contributed by atoms with Crippen molar-refractivity contribution in [3.8, 4) is 0 Å². The summed E-state index contributed by atoms with van der Waals surface area (Å²) in [5.74, 6) is 0.695. The number of benzene rings is 1. The van der Waals surface area contributed by atoms with Crippen LogP contribution in [0.5, 0.6) is 0 Å². The Balaban J connectivity index is 2.18. The molecule has 2 nitrogen and oxygen atoms in total. The first-order valence-electron chi connectivity index (χ1n) is 6.32. The van der Waals surface area contributed by atoms with E-state index in [1.54, 1.807) is 0 Å². The fourth-order valence-corrected chi connectivity index (χ4v) is 2.84. The number of piperazine rings is 1. The van der Waals surface area contributed by atoms with Crippen LogP contribution in [0.3, 0.4) is 0 Å². The number of hydrogen-bond acceptors (Lipinski definition) is 2. The van der Waals surface area contributed by atoms with Gasteiger partial charge >= 0.3 is 0 Å². The molecule has 0 aromatic heterocycles. The predicted molar refractivity (Wildman–Crippen MR) is 82.7 cm³/mol. The molecule has 0 spiro atoms. The van der Waals surface area contributed by atoms with Crippen LogP contribution < -0.4 is 10.2 Å². The number of nitrogens with one attached hydrogen (secondary N) is 1. The summed E-state index contributed by atoms with van der Waals surface area (Å²) in [6, 6.07) is 7.32. The smallest absolute Gasteiger partial charge is 0.0407 e. The van der Waals surface area contributed by atoms with Crippen LogP contribution in [0.4, 0.5) is 5.69 Å². The minimum atomic E-state index is 0.612. The van der Waals surface area contributed by atoms with E-state index in [4.69, 9.17) is 0 Å². The van der Waals surface area contributed by atoms with Crippen LogP contribution >= 0.6 is 22.6 Å². The molecule has 1 aromatic rings. The summed E-state index contributed by atoms with van der Waals surface area (Å²) in [6.07, 6.45) is 0. The van der Waals surface area contributed by atoms with Crippen molar-refractivity contribution in [2.45, 2.75) is 26.8 Å². The second-order valence-electron chi connectivity index (χ2n) is 5.18. The molecule has 0 aliphatic carbocycles. The summed E-state index contributed by atoms with van der Waals surface area (Å²) in [5.41, 5.74) is 2.79. The van der Waals surface area contributed by atoms with E-state index in [0.717, 1.165) is 19.6 Å². The van der Waals surface area contributed by atoms with Gasteiger partial charge in [-0.1, -0.05) is 19.9 Å². The van der Waals surface area contributed by atoms with Gasteiger partial charge in [0.15, 0.2) is 0 Å². The van der Waals surface area contributed by atoms with E-state index in [1.165, 1.54) is 14.8 Å². The highest BCUT2D eigenvalue weighted by molar-refractivity contribution is 14.1. The zero-order valence-corrected chi connectivity index (χ0v) is 13.0. The Labute approximate surface area is 118 Å². The number of aryl methyl sites for hydroxylation is 1. The topological polar surface area (TPSA) is 15.3 Å². The molecule has 17 heavy (non-hydrogen) atoms. The molecule has 0 saturated carbocycles. The van der Waals surface area contributed by atoms with E-state index < -0.39 is 0 Å².